The Bertz CT molecular complexity index is 1170. The molecule has 0 aliphatic carbocycles. The van der Waals surface area contributed by atoms with Crippen molar-refractivity contribution in [1.29, 1.82) is 5.26 Å². The van der Waals surface area contributed by atoms with Crippen LogP contribution in [0.15, 0.2) is 65.7 Å². The molecule has 164 valence electrons. The van der Waals surface area contributed by atoms with Crippen molar-refractivity contribution in [3.63, 3.8) is 0 Å². The summed E-state index contributed by atoms with van der Waals surface area (Å²) in [6.07, 6.45) is 1.34. The number of hydrogen-bond acceptors (Lipinski definition) is 3. The molecule has 2 aromatic carbocycles. The number of nitriles is 1. The lowest BCUT2D eigenvalue weighted by Crippen LogP contribution is -2.23. The highest BCUT2D eigenvalue weighted by Crippen LogP contribution is 3.02. The molecule has 2 atom stereocenters. The zero-order valence-corrected chi connectivity index (χ0v) is 16.2. The Balaban J connectivity index is 1.97. The van der Waals surface area contributed by atoms with Gasteiger partial charge in [-0.2, -0.15) is 10.4 Å². The smallest absolute Gasteiger partial charge is 0.310 e. The summed E-state index contributed by atoms with van der Waals surface area (Å²) in [5.74, 6) is -2.84. The van der Waals surface area contributed by atoms with Gasteiger partial charge >= 0.3 is 10.2 Å². The number of carbonyl (C=O) groups excluding carboxylic acids is 1. The standard InChI is InChI=1S/C19H14F6N4OS/c20-14-5-1-12(2-6-14)17(11-26)29-10-9-16(28-29)18(19(27)30)13-3-7-15(8-4-13)31(21,22,23,24)25/h1-10,17-18H,(H2,27,30). The minimum atomic E-state index is -9.87. The van der Waals surface area contributed by atoms with E-state index in [2.05, 4.69) is 5.10 Å². The monoisotopic (exact) mass is 460 g/mol. The number of hydrogen-bond donors (Lipinski definition) is 1. The van der Waals surface area contributed by atoms with Gasteiger partial charge in [-0.15, -0.1) is 0 Å². The van der Waals surface area contributed by atoms with E-state index in [4.69, 9.17) is 5.73 Å². The van der Waals surface area contributed by atoms with Gasteiger partial charge in [-0.3, -0.25) is 9.48 Å². The second-order valence-electron chi connectivity index (χ2n) is 6.68. The Hall–Kier alpha value is -3.46. The number of aromatic nitrogens is 2. The third kappa shape index (κ3) is 4.83. The molecule has 0 radical (unpaired) electrons. The minimum Gasteiger partial charge on any atom is -0.369 e. The van der Waals surface area contributed by atoms with Crippen LogP contribution in [0, 0.1) is 17.1 Å². The third-order valence-corrected chi connectivity index (χ3v) is 5.60. The summed E-state index contributed by atoms with van der Waals surface area (Å²) in [6, 6.07) is 9.15. The molecule has 3 rings (SSSR count). The second-order valence-corrected chi connectivity index (χ2v) is 9.09. The van der Waals surface area contributed by atoms with Crippen molar-refractivity contribution in [1.82, 2.24) is 9.78 Å². The van der Waals surface area contributed by atoms with Gasteiger partial charge in [0, 0.05) is 6.20 Å². The summed E-state index contributed by atoms with van der Waals surface area (Å²) >= 11 is 0. The van der Waals surface area contributed by atoms with E-state index in [-0.39, 0.29) is 23.4 Å². The van der Waals surface area contributed by atoms with Crippen LogP contribution in [-0.2, 0) is 4.79 Å². The van der Waals surface area contributed by atoms with E-state index in [0.29, 0.717) is 5.56 Å². The molecule has 1 heterocycles. The number of amides is 1. The summed E-state index contributed by atoms with van der Waals surface area (Å²) in [6.45, 7) is 0. The van der Waals surface area contributed by atoms with Gasteiger partial charge in [0.1, 0.15) is 16.6 Å². The van der Waals surface area contributed by atoms with E-state index in [1.54, 1.807) is 0 Å². The predicted molar refractivity (Wildman–Crippen MR) is 101 cm³/mol. The van der Waals surface area contributed by atoms with E-state index in [9.17, 15) is 33.9 Å². The van der Waals surface area contributed by atoms with Crippen molar-refractivity contribution >= 4 is 16.1 Å². The Morgan fingerprint density at radius 3 is 2.00 bits per heavy atom. The van der Waals surface area contributed by atoms with Crippen LogP contribution in [0.2, 0.25) is 0 Å². The third-order valence-electron chi connectivity index (χ3n) is 4.44. The number of halogens is 6. The van der Waals surface area contributed by atoms with Crippen molar-refractivity contribution in [3.05, 3.63) is 83.4 Å². The molecule has 2 unspecified atom stereocenters. The average Bonchev–Trinajstić information content (AvgIpc) is 3.11. The van der Waals surface area contributed by atoms with Gasteiger partial charge in [-0.05, 0) is 41.5 Å². The van der Waals surface area contributed by atoms with Crippen molar-refractivity contribution in [2.24, 2.45) is 5.73 Å². The molecule has 3 aromatic rings. The van der Waals surface area contributed by atoms with Crippen LogP contribution in [0.5, 0.6) is 0 Å². The predicted octanol–water partition coefficient (Wildman–Crippen LogP) is 5.41. The van der Waals surface area contributed by atoms with Gasteiger partial charge in [0.05, 0.1) is 11.8 Å². The number of benzene rings is 2. The molecule has 0 saturated carbocycles. The highest BCUT2D eigenvalue weighted by atomic mass is 32.5. The van der Waals surface area contributed by atoms with Crippen LogP contribution in [0.4, 0.5) is 23.8 Å². The Kier molecular flexibility index (Phi) is 4.86. The summed E-state index contributed by atoms with van der Waals surface area (Å²) in [5, 5.41) is 13.6. The summed E-state index contributed by atoms with van der Waals surface area (Å²) in [5.41, 5.74) is 5.67. The fraction of sp³-hybridized carbons (Fsp3) is 0.105. The van der Waals surface area contributed by atoms with E-state index < -0.39 is 38.8 Å². The quantitative estimate of drug-likeness (QED) is 0.499. The minimum absolute atomic E-state index is 0.00467. The molecule has 12 heteroatoms. The van der Waals surface area contributed by atoms with Gasteiger partial charge in [0.15, 0.2) is 6.04 Å². The lowest BCUT2D eigenvalue weighted by atomic mass is 9.95. The molecule has 31 heavy (non-hydrogen) atoms. The first-order valence-corrected chi connectivity index (χ1v) is 10.5. The number of nitrogens with two attached hydrogens (primary N) is 1. The maximum absolute atomic E-state index is 13.1. The highest BCUT2D eigenvalue weighted by molar-refractivity contribution is 8.45. The Morgan fingerprint density at radius 2 is 1.52 bits per heavy atom. The number of nitrogens with zero attached hydrogens (tertiary/aromatic N) is 3. The molecule has 0 bridgehead atoms. The Morgan fingerprint density at radius 1 is 0.968 bits per heavy atom. The summed E-state index contributed by atoms with van der Waals surface area (Å²) < 4.78 is 78.9. The Labute approximate surface area is 172 Å². The SMILES string of the molecule is N#CC(c1ccc(F)cc1)n1ccc(C(C(N)=O)c2ccc(S(F)(F)(F)(F)F)cc2)n1. The van der Waals surface area contributed by atoms with Crippen molar-refractivity contribution in [2.75, 3.05) is 0 Å². The first-order valence-electron chi connectivity index (χ1n) is 8.53. The summed E-state index contributed by atoms with van der Waals surface area (Å²) in [7, 11) is -9.87. The molecule has 5 nitrogen and oxygen atoms in total. The van der Waals surface area contributed by atoms with Gasteiger partial charge in [-0.25, -0.2) is 4.39 Å². The normalized spacial score (nSPS) is 15.9. The first-order chi connectivity index (χ1) is 14.2. The van der Waals surface area contributed by atoms with Crippen molar-refractivity contribution < 1.29 is 28.6 Å². The van der Waals surface area contributed by atoms with E-state index in [1.807, 2.05) is 6.07 Å². The van der Waals surface area contributed by atoms with Gasteiger partial charge < -0.3 is 5.73 Å². The van der Waals surface area contributed by atoms with Crippen LogP contribution in [0.25, 0.3) is 0 Å². The van der Waals surface area contributed by atoms with Crippen LogP contribution in [0.1, 0.15) is 28.8 Å². The average molecular weight is 460 g/mol. The second kappa shape index (κ2) is 6.78. The molecule has 0 spiro atoms. The molecule has 1 aromatic heterocycles. The topological polar surface area (TPSA) is 84.7 Å². The summed E-state index contributed by atoms with van der Waals surface area (Å²) in [4.78, 5) is 9.87. The van der Waals surface area contributed by atoms with E-state index >= 15 is 0 Å². The zero-order chi connectivity index (χ0) is 23.1. The van der Waals surface area contributed by atoms with E-state index in [0.717, 1.165) is 24.3 Å². The number of rotatable bonds is 6. The number of primary amides is 1. The van der Waals surface area contributed by atoms with Crippen molar-refractivity contribution in [2.45, 2.75) is 16.9 Å². The van der Waals surface area contributed by atoms with Gasteiger partial charge in [-0.1, -0.05) is 43.7 Å². The molecular weight excluding hydrogens is 446 g/mol. The molecule has 2 N–H and O–H groups in total. The zero-order valence-electron chi connectivity index (χ0n) is 15.4. The lowest BCUT2D eigenvalue weighted by molar-refractivity contribution is -0.118. The van der Waals surface area contributed by atoms with Gasteiger partial charge in [0.25, 0.3) is 0 Å². The largest absolute Gasteiger partial charge is 0.369 e. The maximum atomic E-state index is 13.1. The van der Waals surface area contributed by atoms with Gasteiger partial charge in [0.2, 0.25) is 5.91 Å². The molecule has 0 aliphatic heterocycles. The van der Waals surface area contributed by atoms with Crippen LogP contribution < -0.4 is 5.73 Å². The lowest BCUT2D eigenvalue weighted by Gasteiger charge is -2.40. The molecule has 0 aliphatic rings. The molecule has 0 fully saturated rings. The van der Waals surface area contributed by atoms with Crippen LogP contribution in [0.3, 0.4) is 0 Å². The van der Waals surface area contributed by atoms with E-state index in [1.165, 1.54) is 29.1 Å². The van der Waals surface area contributed by atoms with Crippen LogP contribution in [-0.4, -0.2) is 15.7 Å². The molecule has 0 saturated heterocycles. The number of carbonyl (C=O) groups is 1. The molecular formula is C19H14F6N4OS. The van der Waals surface area contributed by atoms with Crippen LogP contribution >= 0.6 is 10.2 Å². The first kappa shape index (κ1) is 22.2. The fourth-order valence-corrected chi connectivity index (χ4v) is 3.63. The highest BCUT2D eigenvalue weighted by Gasteiger charge is 2.65. The fourth-order valence-electron chi connectivity index (χ4n) is 2.98. The van der Waals surface area contributed by atoms with Crippen molar-refractivity contribution in [3.8, 4) is 6.07 Å². The maximum Gasteiger partial charge on any atom is 0.310 e. The molecule has 1 amide bonds.